The molecular formula is C13H15ClF2N2O2. The summed E-state index contributed by atoms with van der Waals surface area (Å²) in [7, 11) is 0. The van der Waals surface area contributed by atoms with E-state index in [0.717, 1.165) is 11.3 Å². The van der Waals surface area contributed by atoms with Gasteiger partial charge in [-0.1, -0.05) is 18.2 Å². The lowest BCUT2D eigenvalue weighted by molar-refractivity contribution is -0.124. The number of ether oxygens (including phenoxy) is 1. The molecular weight excluding hydrogens is 290 g/mol. The number of hydrogen-bond donors (Lipinski definition) is 2. The van der Waals surface area contributed by atoms with E-state index in [1.54, 1.807) is 0 Å². The smallest absolute Gasteiger partial charge is 0.262 e. The first-order chi connectivity index (χ1) is 9.05. The van der Waals surface area contributed by atoms with Crippen molar-refractivity contribution in [1.29, 1.82) is 0 Å². The Bertz CT molecular complexity index is 513. The fourth-order valence-electron chi connectivity index (χ4n) is 2.46. The SMILES string of the molecule is Cl.O=C(NC1COc2ccccc21)C1CC(F)(F)CN1. The molecule has 2 unspecified atom stereocenters. The van der Waals surface area contributed by atoms with Crippen LogP contribution >= 0.6 is 12.4 Å². The lowest BCUT2D eigenvalue weighted by Crippen LogP contribution is -2.42. The number of para-hydroxylation sites is 1. The molecule has 0 radical (unpaired) electrons. The molecule has 2 atom stereocenters. The van der Waals surface area contributed by atoms with E-state index in [1.165, 1.54) is 0 Å². The summed E-state index contributed by atoms with van der Waals surface area (Å²) in [4.78, 5) is 11.9. The zero-order valence-electron chi connectivity index (χ0n) is 10.6. The monoisotopic (exact) mass is 304 g/mol. The minimum absolute atomic E-state index is 0. The highest BCUT2D eigenvalue weighted by molar-refractivity contribution is 5.85. The van der Waals surface area contributed by atoms with Crippen LogP contribution in [0.1, 0.15) is 18.0 Å². The van der Waals surface area contributed by atoms with Gasteiger partial charge in [-0.25, -0.2) is 8.78 Å². The topological polar surface area (TPSA) is 50.4 Å². The fourth-order valence-corrected chi connectivity index (χ4v) is 2.46. The van der Waals surface area contributed by atoms with Crippen LogP contribution in [0.25, 0.3) is 0 Å². The molecule has 1 aromatic rings. The summed E-state index contributed by atoms with van der Waals surface area (Å²) in [6.07, 6.45) is -0.450. The summed E-state index contributed by atoms with van der Waals surface area (Å²) in [5.41, 5.74) is 0.889. The molecule has 1 fully saturated rings. The van der Waals surface area contributed by atoms with Gasteiger partial charge in [-0.2, -0.15) is 0 Å². The van der Waals surface area contributed by atoms with Crippen molar-refractivity contribution in [2.24, 2.45) is 0 Å². The van der Waals surface area contributed by atoms with Gasteiger partial charge in [0.15, 0.2) is 0 Å². The minimum Gasteiger partial charge on any atom is -0.491 e. The second kappa shape index (κ2) is 5.54. The van der Waals surface area contributed by atoms with Gasteiger partial charge >= 0.3 is 0 Å². The van der Waals surface area contributed by atoms with Crippen LogP contribution < -0.4 is 15.4 Å². The molecule has 2 aliphatic rings. The lowest BCUT2D eigenvalue weighted by Gasteiger charge is -2.15. The number of nitrogens with one attached hydrogen (secondary N) is 2. The van der Waals surface area contributed by atoms with E-state index in [4.69, 9.17) is 4.74 Å². The van der Waals surface area contributed by atoms with E-state index in [-0.39, 0.29) is 18.4 Å². The number of amides is 1. The van der Waals surface area contributed by atoms with Gasteiger partial charge in [-0.15, -0.1) is 12.4 Å². The first-order valence-electron chi connectivity index (χ1n) is 6.18. The molecule has 1 aromatic carbocycles. The standard InChI is InChI=1S/C13H14F2N2O2.ClH/c14-13(15)5-9(16-7-13)12(18)17-10-6-19-11-4-2-1-3-8(10)11;/h1-4,9-10,16H,5-7H2,(H,17,18);1H. The number of carbonyl (C=O) groups is 1. The number of benzene rings is 1. The Labute approximate surface area is 121 Å². The molecule has 0 saturated carbocycles. The van der Waals surface area contributed by atoms with Crippen LogP contribution in [0.4, 0.5) is 8.78 Å². The Balaban J connectivity index is 0.00000147. The van der Waals surface area contributed by atoms with Crippen LogP contribution in [-0.4, -0.2) is 31.0 Å². The molecule has 0 bridgehead atoms. The van der Waals surface area contributed by atoms with E-state index < -0.39 is 30.8 Å². The Morgan fingerprint density at radius 1 is 1.40 bits per heavy atom. The van der Waals surface area contributed by atoms with E-state index >= 15 is 0 Å². The second-order valence-corrected chi connectivity index (χ2v) is 4.90. The number of hydrogen-bond acceptors (Lipinski definition) is 3. The predicted molar refractivity (Wildman–Crippen MR) is 71.4 cm³/mol. The van der Waals surface area contributed by atoms with Crippen molar-refractivity contribution in [2.75, 3.05) is 13.2 Å². The van der Waals surface area contributed by atoms with E-state index in [0.29, 0.717) is 6.61 Å². The molecule has 7 heteroatoms. The minimum atomic E-state index is -2.80. The van der Waals surface area contributed by atoms with Crippen molar-refractivity contribution in [3.63, 3.8) is 0 Å². The zero-order valence-corrected chi connectivity index (χ0v) is 11.4. The van der Waals surface area contributed by atoms with Crippen molar-refractivity contribution in [2.45, 2.75) is 24.4 Å². The maximum atomic E-state index is 13.0. The predicted octanol–water partition coefficient (Wildman–Crippen LogP) is 1.66. The van der Waals surface area contributed by atoms with Gasteiger partial charge in [0.1, 0.15) is 12.4 Å². The van der Waals surface area contributed by atoms with E-state index in [2.05, 4.69) is 10.6 Å². The molecule has 2 aliphatic heterocycles. The molecule has 1 amide bonds. The van der Waals surface area contributed by atoms with Crippen molar-refractivity contribution in [3.8, 4) is 5.75 Å². The summed E-state index contributed by atoms with van der Waals surface area (Å²) in [5.74, 6) is -2.47. The Morgan fingerprint density at radius 2 is 2.15 bits per heavy atom. The summed E-state index contributed by atoms with van der Waals surface area (Å²) in [6.45, 7) is -0.100. The molecule has 0 spiro atoms. The van der Waals surface area contributed by atoms with Gasteiger partial charge in [0.2, 0.25) is 5.91 Å². The molecule has 0 aliphatic carbocycles. The van der Waals surface area contributed by atoms with E-state index in [9.17, 15) is 13.6 Å². The lowest BCUT2D eigenvalue weighted by atomic mass is 10.1. The van der Waals surface area contributed by atoms with Crippen molar-refractivity contribution in [3.05, 3.63) is 29.8 Å². The number of fused-ring (bicyclic) bond motifs is 1. The van der Waals surface area contributed by atoms with Gasteiger partial charge in [-0.3, -0.25) is 10.1 Å². The molecule has 0 aromatic heterocycles. The van der Waals surface area contributed by atoms with Crippen molar-refractivity contribution >= 4 is 18.3 Å². The third-order valence-electron chi connectivity index (χ3n) is 3.44. The molecule has 2 heterocycles. The van der Waals surface area contributed by atoms with Gasteiger partial charge in [0, 0.05) is 12.0 Å². The van der Waals surface area contributed by atoms with Crippen LogP contribution in [0.15, 0.2) is 24.3 Å². The zero-order chi connectivity index (χ0) is 13.5. The Morgan fingerprint density at radius 3 is 2.85 bits per heavy atom. The third-order valence-corrected chi connectivity index (χ3v) is 3.44. The molecule has 4 nitrogen and oxygen atoms in total. The largest absolute Gasteiger partial charge is 0.491 e. The molecule has 20 heavy (non-hydrogen) atoms. The van der Waals surface area contributed by atoms with Gasteiger partial charge in [0.05, 0.1) is 18.6 Å². The Hall–Kier alpha value is -1.40. The highest BCUT2D eigenvalue weighted by Crippen LogP contribution is 2.32. The molecule has 110 valence electrons. The maximum absolute atomic E-state index is 13.0. The molecule has 2 N–H and O–H groups in total. The summed E-state index contributed by atoms with van der Waals surface area (Å²) < 4.78 is 31.5. The normalized spacial score (nSPS) is 26.3. The first kappa shape index (κ1) is 15.0. The summed E-state index contributed by atoms with van der Waals surface area (Å²) in [6, 6.07) is 6.30. The van der Waals surface area contributed by atoms with Crippen LogP contribution in [0.2, 0.25) is 0 Å². The van der Waals surface area contributed by atoms with Crippen molar-refractivity contribution < 1.29 is 18.3 Å². The third kappa shape index (κ3) is 2.86. The van der Waals surface area contributed by atoms with Crippen LogP contribution in [0.5, 0.6) is 5.75 Å². The van der Waals surface area contributed by atoms with E-state index in [1.807, 2.05) is 24.3 Å². The number of halogens is 3. The van der Waals surface area contributed by atoms with Gasteiger partial charge in [0.25, 0.3) is 5.92 Å². The Kier molecular flexibility index (Phi) is 4.15. The molecule has 1 saturated heterocycles. The number of carbonyl (C=O) groups excluding carboxylic acids is 1. The number of alkyl halides is 2. The highest BCUT2D eigenvalue weighted by atomic mass is 35.5. The summed E-state index contributed by atoms with van der Waals surface area (Å²) >= 11 is 0. The average Bonchev–Trinajstić information content (AvgIpc) is 2.94. The van der Waals surface area contributed by atoms with Crippen molar-refractivity contribution in [1.82, 2.24) is 10.6 Å². The van der Waals surface area contributed by atoms with Gasteiger partial charge < -0.3 is 10.1 Å². The maximum Gasteiger partial charge on any atom is 0.262 e. The fraction of sp³-hybridized carbons (Fsp3) is 0.462. The quantitative estimate of drug-likeness (QED) is 0.873. The van der Waals surface area contributed by atoms with Crippen LogP contribution in [0, 0.1) is 0 Å². The second-order valence-electron chi connectivity index (χ2n) is 4.90. The van der Waals surface area contributed by atoms with Crippen LogP contribution in [-0.2, 0) is 4.79 Å². The average molecular weight is 305 g/mol. The summed E-state index contributed by atoms with van der Waals surface area (Å²) in [5, 5.41) is 5.30. The highest BCUT2D eigenvalue weighted by Gasteiger charge is 2.43. The van der Waals surface area contributed by atoms with Gasteiger partial charge in [-0.05, 0) is 6.07 Å². The molecule has 3 rings (SSSR count). The first-order valence-corrected chi connectivity index (χ1v) is 6.18. The number of rotatable bonds is 2. The van der Waals surface area contributed by atoms with Crippen LogP contribution in [0.3, 0.4) is 0 Å².